The van der Waals surface area contributed by atoms with Gasteiger partial charge in [0.2, 0.25) is 0 Å². The van der Waals surface area contributed by atoms with Gasteiger partial charge in [0.1, 0.15) is 6.10 Å². The summed E-state index contributed by atoms with van der Waals surface area (Å²) < 4.78 is 11.3. The first-order valence-electron chi connectivity index (χ1n) is 8.84. The third-order valence-corrected chi connectivity index (χ3v) is 5.97. The number of aliphatic hydroxyl groups is 1. The molecule has 24 heavy (non-hydrogen) atoms. The summed E-state index contributed by atoms with van der Waals surface area (Å²) in [6.45, 7) is 7.11. The van der Waals surface area contributed by atoms with Gasteiger partial charge in [-0.1, -0.05) is 13.0 Å². The molecule has 3 saturated heterocycles. The Bertz CT molecular complexity index is 556. The molecule has 0 amide bonds. The van der Waals surface area contributed by atoms with Crippen molar-refractivity contribution in [2.75, 3.05) is 19.7 Å². The molecule has 5 atom stereocenters. The molecule has 3 fully saturated rings. The van der Waals surface area contributed by atoms with Gasteiger partial charge < -0.3 is 14.6 Å². The van der Waals surface area contributed by atoms with Gasteiger partial charge in [0.25, 0.3) is 0 Å². The monoisotopic (exact) mass is 337 g/mol. The first-order valence-corrected chi connectivity index (χ1v) is 8.84. The lowest BCUT2D eigenvalue weighted by Crippen LogP contribution is -2.46. The fraction of sp³-hybridized carbons (Fsp3) is 0.778. The van der Waals surface area contributed by atoms with Crippen LogP contribution in [-0.4, -0.2) is 59.4 Å². The van der Waals surface area contributed by atoms with Gasteiger partial charge >= 0.3 is 11.9 Å². The van der Waals surface area contributed by atoms with E-state index in [0.717, 1.165) is 25.9 Å². The van der Waals surface area contributed by atoms with E-state index in [0.29, 0.717) is 5.57 Å². The molecule has 0 radical (unpaired) electrons. The van der Waals surface area contributed by atoms with E-state index in [1.54, 1.807) is 19.9 Å². The maximum Gasteiger partial charge on any atom is 0.338 e. The largest absolute Gasteiger partial charge is 0.463 e. The second kappa shape index (κ2) is 6.48. The smallest absolute Gasteiger partial charge is 0.338 e. The molecule has 0 aromatic heterocycles. The molecule has 0 unspecified atom stereocenters. The topological polar surface area (TPSA) is 76.1 Å². The molecule has 1 N–H and O–H groups in total. The lowest BCUT2D eigenvalue weighted by Gasteiger charge is -2.32. The number of esters is 2. The van der Waals surface area contributed by atoms with Crippen molar-refractivity contribution < 1.29 is 24.2 Å². The number of rotatable bonds is 0. The van der Waals surface area contributed by atoms with E-state index in [9.17, 15) is 14.7 Å². The summed E-state index contributed by atoms with van der Waals surface area (Å²) in [6, 6.07) is 0.113. The molecule has 0 aromatic rings. The zero-order chi connectivity index (χ0) is 17.5. The summed E-state index contributed by atoms with van der Waals surface area (Å²) in [5, 5.41) is 10.6. The van der Waals surface area contributed by atoms with Gasteiger partial charge in [0, 0.05) is 18.0 Å². The van der Waals surface area contributed by atoms with Crippen molar-refractivity contribution in [2.24, 2.45) is 11.8 Å². The molecule has 6 heteroatoms. The highest BCUT2D eigenvalue weighted by Gasteiger charge is 2.48. The minimum Gasteiger partial charge on any atom is -0.463 e. The van der Waals surface area contributed by atoms with Crippen molar-refractivity contribution in [2.45, 2.75) is 57.8 Å². The maximum atomic E-state index is 12.6. The molecule has 0 aromatic carbocycles. The van der Waals surface area contributed by atoms with Crippen LogP contribution in [0.3, 0.4) is 0 Å². The average molecular weight is 337 g/mol. The van der Waals surface area contributed by atoms with Crippen molar-refractivity contribution in [3.8, 4) is 0 Å². The van der Waals surface area contributed by atoms with Crippen LogP contribution < -0.4 is 0 Å². The second-order valence-electron chi connectivity index (χ2n) is 7.47. The fourth-order valence-electron chi connectivity index (χ4n) is 4.11. The standard InChI is InChI=1S/C18H27NO5/c1-4-12-9-11(2)18(3,22)17(21)23-10-13-5-7-19-8-6-14(15(13)19)24-16(12)20/h4,11,13-15,22H,5-10H2,1-3H3/b12-4+/t11-,13-,14+,15-,18-/m0/s1. The van der Waals surface area contributed by atoms with E-state index in [1.807, 2.05) is 0 Å². The van der Waals surface area contributed by atoms with Crippen LogP contribution in [0.2, 0.25) is 0 Å². The highest BCUT2D eigenvalue weighted by Crippen LogP contribution is 2.36. The molecular weight excluding hydrogens is 310 g/mol. The Kier molecular flexibility index (Phi) is 4.71. The summed E-state index contributed by atoms with van der Waals surface area (Å²) in [7, 11) is 0. The van der Waals surface area contributed by atoms with Crippen molar-refractivity contribution in [1.29, 1.82) is 0 Å². The highest BCUT2D eigenvalue weighted by molar-refractivity contribution is 5.89. The molecule has 3 aliphatic heterocycles. The summed E-state index contributed by atoms with van der Waals surface area (Å²) in [5.41, 5.74) is -1.12. The maximum absolute atomic E-state index is 12.6. The van der Waals surface area contributed by atoms with Crippen LogP contribution in [0.1, 0.15) is 40.0 Å². The summed E-state index contributed by atoms with van der Waals surface area (Å²) >= 11 is 0. The van der Waals surface area contributed by atoms with E-state index in [1.165, 1.54) is 6.92 Å². The van der Waals surface area contributed by atoms with Gasteiger partial charge in [-0.2, -0.15) is 0 Å². The molecule has 3 rings (SSSR count). The Balaban J connectivity index is 1.89. The number of cyclic esters (lactones) is 1. The number of hydrogen-bond acceptors (Lipinski definition) is 6. The fourth-order valence-corrected chi connectivity index (χ4v) is 4.11. The number of allylic oxidation sites excluding steroid dienone is 1. The van der Waals surface area contributed by atoms with Gasteiger partial charge in [0.05, 0.1) is 12.6 Å². The molecule has 3 aliphatic rings. The van der Waals surface area contributed by atoms with Crippen molar-refractivity contribution in [3.05, 3.63) is 11.6 Å². The van der Waals surface area contributed by atoms with Gasteiger partial charge in [-0.05, 0) is 45.6 Å². The van der Waals surface area contributed by atoms with Crippen LogP contribution in [0.25, 0.3) is 0 Å². The van der Waals surface area contributed by atoms with Crippen LogP contribution in [0, 0.1) is 11.8 Å². The van der Waals surface area contributed by atoms with Crippen LogP contribution in [0.5, 0.6) is 0 Å². The van der Waals surface area contributed by atoms with Gasteiger partial charge in [0.15, 0.2) is 5.60 Å². The van der Waals surface area contributed by atoms with Crippen molar-refractivity contribution >= 4 is 11.9 Å². The summed E-state index contributed by atoms with van der Waals surface area (Å²) in [5.74, 6) is -1.23. The number of ether oxygens (including phenoxy) is 2. The number of carbonyl (C=O) groups excluding carboxylic acids is 2. The first kappa shape index (κ1) is 17.4. The van der Waals surface area contributed by atoms with E-state index < -0.39 is 17.5 Å². The zero-order valence-electron chi connectivity index (χ0n) is 14.7. The number of hydrogen-bond donors (Lipinski definition) is 1. The Morgan fingerprint density at radius 1 is 1.29 bits per heavy atom. The van der Waals surface area contributed by atoms with Crippen LogP contribution >= 0.6 is 0 Å². The molecule has 0 spiro atoms. The SMILES string of the molecule is C/C=C1\C[C@H](C)[C@](C)(O)C(=O)OC[C@@H]2CCN3CC[C@@H](OC1=O)[C@H]23. The van der Waals surface area contributed by atoms with Gasteiger partial charge in [-0.15, -0.1) is 0 Å². The molecule has 134 valence electrons. The molecular formula is C18H27NO5. The minimum atomic E-state index is -1.62. The second-order valence-corrected chi connectivity index (χ2v) is 7.47. The predicted molar refractivity (Wildman–Crippen MR) is 87.1 cm³/mol. The van der Waals surface area contributed by atoms with E-state index in [-0.39, 0.29) is 37.1 Å². The van der Waals surface area contributed by atoms with Gasteiger partial charge in [-0.3, -0.25) is 4.90 Å². The third kappa shape index (κ3) is 2.97. The van der Waals surface area contributed by atoms with E-state index in [4.69, 9.17) is 9.47 Å². The summed E-state index contributed by atoms with van der Waals surface area (Å²) in [4.78, 5) is 27.3. The van der Waals surface area contributed by atoms with Gasteiger partial charge in [-0.25, -0.2) is 9.59 Å². The lowest BCUT2D eigenvalue weighted by molar-refractivity contribution is -0.172. The first-order chi connectivity index (χ1) is 11.3. The molecule has 0 aliphatic carbocycles. The Labute approximate surface area is 142 Å². The Morgan fingerprint density at radius 2 is 2.00 bits per heavy atom. The number of nitrogens with zero attached hydrogens (tertiary/aromatic N) is 1. The normalized spacial score (nSPS) is 42.9. The van der Waals surface area contributed by atoms with E-state index in [2.05, 4.69) is 4.90 Å². The number of carbonyl (C=O) groups is 2. The third-order valence-electron chi connectivity index (χ3n) is 5.97. The Hall–Kier alpha value is -1.40. The van der Waals surface area contributed by atoms with Crippen molar-refractivity contribution in [3.63, 3.8) is 0 Å². The van der Waals surface area contributed by atoms with Crippen LogP contribution in [0.15, 0.2) is 11.6 Å². The minimum absolute atomic E-state index is 0.113. The highest BCUT2D eigenvalue weighted by atomic mass is 16.6. The average Bonchev–Trinajstić information content (AvgIpc) is 3.12. The predicted octanol–water partition coefficient (Wildman–Crippen LogP) is 1.27. The van der Waals surface area contributed by atoms with Crippen LogP contribution in [-0.2, 0) is 19.1 Å². The van der Waals surface area contributed by atoms with E-state index >= 15 is 0 Å². The molecule has 0 saturated carbocycles. The molecule has 0 bridgehead atoms. The van der Waals surface area contributed by atoms with Crippen LogP contribution in [0.4, 0.5) is 0 Å². The quantitative estimate of drug-likeness (QED) is 0.530. The lowest BCUT2D eigenvalue weighted by atomic mass is 9.85. The Morgan fingerprint density at radius 3 is 2.71 bits per heavy atom. The van der Waals surface area contributed by atoms with Crippen molar-refractivity contribution in [1.82, 2.24) is 4.90 Å². The molecule has 6 nitrogen and oxygen atoms in total. The summed E-state index contributed by atoms with van der Waals surface area (Å²) in [6.07, 6.45) is 3.59. The molecule has 3 heterocycles. The zero-order valence-corrected chi connectivity index (χ0v) is 14.7.